The van der Waals surface area contributed by atoms with Crippen molar-refractivity contribution in [2.45, 2.75) is 232 Å². The molecule has 8 fully saturated rings. The normalized spacial score (nSPS) is 54.4. The van der Waals surface area contributed by atoms with E-state index in [1.54, 1.807) is 0 Å². The van der Waals surface area contributed by atoms with Crippen LogP contribution in [0.1, 0.15) is 219 Å². The second-order valence-corrected chi connectivity index (χ2v) is 29.9. The Morgan fingerprint density at radius 3 is 1.31 bits per heavy atom. The Kier molecular flexibility index (Phi) is 11.6. The summed E-state index contributed by atoms with van der Waals surface area (Å²) in [5.74, 6) is 2.96. The van der Waals surface area contributed by atoms with E-state index in [1.165, 1.54) is 36.8 Å². The second kappa shape index (κ2) is 15.4. The van der Waals surface area contributed by atoms with Gasteiger partial charge in [-0.1, -0.05) is 127 Å². The van der Waals surface area contributed by atoms with Gasteiger partial charge in [0.15, 0.2) is 0 Å². The maximum absolute atomic E-state index is 12.9. The summed E-state index contributed by atoms with van der Waals surface area (Å²) in [5, 5.41) is 42.9. The largest absolute Gasteiger partial charge is 0.481 e. The van der Waals surface area contributed by atoms with E-state index in [1.807, 2.05) is 0 Å². The smallest absolute Gasteiger partial charge is 0.310 e. The zero-order valence-electron chi connectivity index (χ0n) is 45.3. The summed E-state index contributed by atoms with van der Waals surface area (Å²) in [4.78, 5) is 25.7. The van der Waals surface area contributed by atoms with Crippen LogP contribution < -0.4 is 0 Å². The summed E-state index contributed by atoms with van der Waals surface area (Å²) in [7, 11) is 0. The Bertz CT molecular complexity index is 2080. The van der Waals surface area contributed by atoms with Crippen LogP contribution in [0.15, 0.2) is 23.3 Å². The number of carbonyl (C=O) groups is 2. The molecule has 10 aliphatic rings. The molecule has 0 radical (unpaired) electrons. The number of rotatable bonds is 2. The maximum atomic E-state index is 12.9. The van der Waals surface area contributed by atoms with Gasteiger partial charge in [0.2, 0.25) is 0 Å². The van der Waals surface area contributed by atoms with Crippen LogP contribution in [-0.2, 0) is 9.59 Å². The van der Waals surface area contributed by atoms with E-state index in [0.717, 1.165) is 89.9 Å². The maximum Gasteiger partial charge on any atom is 0.310 e. The van der Waals surface area contributed by atoms with Gasteiger partial charge in [-0.05, 0) is 218 Å². The SMILES string of the molecule is C[C@@H]1[C@H]2C3=CC[C@@H]4[C@@]5(C)CC[C@H](O)C(C)(C)[C@@H]5CC[C@@]4(C)[C@]3(C)CC[C@@]2(C(=O)O)CCC1(C)C.C[C@H]1[C@H](C)CC[C@]2(C(=O)O)CC[C@]3(C)C(=CC[C@@H]4[C@@]5(C)CC[C@H](O)C(C)(C)[C@@H]5CC[C@]43C)[C@H]12. The van der Waals surface area contributed by atoms with Crippen molar-refractivity contribution < 1.29 is 30.0 Å². The molecule has 0 saturated heterocycles. The van der Waals surface area contributed by atoms with Gasteiger partial charge in [0.1, 0.15) is 0 Å². The molecule has 0 heterocycles. The number of aliphatic hydroxyl groups excluding tert-OH is 2. The Hall–Kier alpha value is -1.66. The molecular formula is C61H98O6. The third kappa shape index (κ3) is 6.29. The number of hydrogen-bond donors (Lipinski definition) is 4. The summed E-state index contributed by atoms with van der Waals surface area (Å²) in [6, 6.07) is 0. The van der Waals surface area contributed by atoms with Gasteiger partial charge in [0.05, 0.1) is 23.0 Å². The molecule has 6 nitrogen and oxygen atoms in total. The molecule has 4 N–H and O–H groups in total. The fourth-order valence-electron chi connectivity index (χ4n) is 21.8. The highest BCUT2D eigenvalue weighted by atomic mass is 16.4. The van der Waals surface area contributed by atoms with Crippen molar-refractivity contribution in [3.63, 3.8) is 0 Å². The first kappa shape index (κ1) is 50.3. The summed E-state index contributed by atoms with van der Waals surface area (Å²) >= 11 is 0. The molecule has 378 valence electrons. The van der Waals surface area contributed by atoms with Gasteiger partial charge >= 0.3 is 11.9 Å². The number of hydrogen-bond acceptors (Lipinski definition) is 4. The molecule has 19 atom stereocenters. The summed E-state index contributed by atoms with van der Waals surface area (Å²) in [6.07, 6.45) is 23.2. The number of carboxylic acid groups (broad SMARTS) is 2. The zero-order valence-corrected chi connectivity index (χ0v) is 45.3. The van der Waals surface area contributed by atoms with Gasteiger partial charge in [-0.25, -0.2) is 0 Å². The van der Waals surface area contributed by atoms with Crippen molar-refractivity contribution in [3.8, 4) is 0 Å². The highest BCUT2D eigenvalue weighted by molar-refractivity contribution is 5.77. The molecule has 0 amide bonds. The molecule has 8 saturated carbocycles. The standard InChI is InChI=1S/C31H50O3.C30H48O3/c1-19-24-20-9-10-22-28(6)13-12-23(32)27(4,5)21(28)11-14-30(22,8)29(20,7)16-18-31(24,25(33)34)17-15-26(19,2)3;1-18-10-15-30(25(32)33)17-16-28(6)20(24(30)19(18)2)8-9-22-27(5)13-12-23(31)26(3,4)21(27)11-14-29(22,28)7/h9,19,21-24,32H,10-18H2,1-8H3,(H,33,34);8,18-19,21-24,31H,9-17H2,1-7H3,(H,32,33)/t19-,21+,22-,23+,24+,28+,29-,30-,31+;18-,19+,21+,22-,23+,24+,27+,28-,29-,30+/m11/s1. The summed E-state index contributed by atoms with van der Waals surface area (Å²) in [6.45, 7) is 36.3. The van der Waals surface area contributed by atoms with Gasteiger partial charge in [-0.2, -0.15) is 0 Å². The molecule has 10 aliphatic carbocycles. The monoisotopic (exact) mass is 927 g/mol. The molecule has 67 heavy (non-hydrogen) atoms. The van der Waals surface area contributed by atoms with Crippen molar-refractivity contribution in [2.75, 3.05) is 0 Å². The molecule has 0 aromatic carbocycles. The van der Waals surface area contributed by atoms with E-state index in [9.17, 15) is 30.0 Å². The Labute approximate surface area is 408 Å². The van der Waals surface area contributed by atoms with E-state index in [2.05, 4.69) is 116 Å². The topological polar surface area (TPSA) is 115 Å². The minimum Gasteiger partial charge on any atom is -0.481 e. The second-order valence-electron chi connectivity index (χ2n) is 29.9. The molecule has 6 heteroatoms. The van der Waals surface area contributed by atoms with Crippen LogP contribution in [0, 0.1) is 113 Å². The third-order valence-electron chi connectivity index (χ3n) is 27.3. The lowest BCUT2D eigenvalue weighted by atomic mass is 9.33. The van der Waals surface area contributed by atoms with E-state index >= 15 is 0 Å². The quantitative estimate of drug-likeness (QED) is 0.205. The minimum atomic E-state index is -0.582. The molecule has 0 aromatic rings. The molecule has 0 spiro atoms. The van der Waals surface area contributed by atoms with E-state index < -0.39 is 22.8 Å². The molecule has 0 aromatic heterocycles. The van der Waals surface area contributed by atoms with E-state index in [-0.39, 0.29) is 72.8 Å². The first-order valence-electron chi connectivity index (χ1n) is 28.1. The van der Waals surface area contributed by atoms with Crippen molar-refractivity contribution in [1.82, 2.24) is 0 Å². The zero-order chi connectivity index (χ0) is 49.3. The van der Waals surface area contributed by atoms with Crippen molar-refractivity contribution >= 4 is 11.9 Å². The fourth-order valence-corrected chi connectivity index (χ4v) is 21.8. The van der Waals surface area contributed by atoms with Crippen LogP contribution in [0.5, 0.6) is 0 Å². The molecule has 0 unspecified atom stereocenters. The number of allylic oxidation sites excluding steroid dienone is 4. The number of carboxylic acids is 2. The Morgan fingerprint density at radius 1 is 0.478 bits per heavy atom. The predicted octanol–water partition coefficient (Wildman–Crippen LogP) is 14.6. The van der Waals surface area contributed by atoms with Crippen LogP contribution in [0.3, 0.4) is 0 Å². The van der Waals surface area contributed by atoms with Gasteiger partial charge in [0.25, 0.3) is 0 Å². The number of aliphatic hydroxyl groups is 2. The van der Waals surface area contributed by atoms with Crippen LogP contribution in [0.2, 0.25) is 0 Å². The molecule has 0 bridgehead atoms. The highest BCUT2D eigenvalue weighted by Gasteiger charge is 2.72. The van der Waals surface area contributed by atoms with Crippen molar-refractivity contribution in [2.24, 2.45) is 113 Å². The average molecular weight is 927 g/mol. The van der Waals surface area contributed by atoms with E-state index in [4.69, 9.17) is 0 Å². The summed E-state index contributed by atoms with van der Waals surface area (Å²) in [5.41, 5.74) is 3.01. The van der Waals surface area contributed by atoms with Gasteiger partial charge < -0.3 is 20.4 Å². The van der Waals surface area contributed by atoms with Crippen LogP contribution in [-0.4, -0.2) is 44.6 Å². The number of fused-ring (bicyclic) bond motifs is 14. The predicted molar refractivity (Wildman–Crippen MR) is 270 cm³/mol. The third-order valence-corrected chi connectivity index (χ3v) is 27.3. The molecule has 0 aliphatic heterocycles. The lowest BCUT2D eigenvalue weighted by Gasteiger charge is -2.71. The first-order valence-corrected chi connectivity index (χ1v) is 28.1. The molecule has 10 rings (SSSR count). The van der Waals surface area contributed by atoms with Crippen molar-refractivity contribution in [1.29, 1.82) is 0 Å². The van der Waals surface area contributed by atoms with Crippen LogP contribution >= 0.6 is 0 Å². The van der Waals surface area contributed by atoms with Gasteiger partial charge in [0, 0.05) is 0 Å². The van der Waals surface area contributed by atoms with E-state index in [0.29, 0.717) is 41.4 Å². The summed E-state index contributed by atoms with van der Waals surface area (Å²) < 4.78 is 0. The van der Waals surface area contributed by atoms with Gasteiger partial charge in [-0.15, -0.1) is 0 Å². The van der Waals surface area contributed by atoms with Crippen LogP contribution in [0.4, 0.5) is 0 Å². The Balaban J connectivity index is 0.000000168. The first-order chi connectivity index (χ1) is 30.8. The Morgan fingerprint density at radius 2 is 0.881 bits per heavy atom. The fraction of sp³-hybridized carbons (Fsp3) is 0.902. The average Bonchev–Trinajstić information content (AvgIpc) is 3.24. The highest BCUT2D eigenvalue weighted by Crippen LogP contribution is 2.78. The lowest BCUT2D eigenvalue weighted by molar-refractivity contribution is -0.208. The molecular weight excluding hydrogens is 829 g/mol. The number of aliphatic carboxylic acids is 2. The van der Waals surface area contributed by atoms with Crippen molar-refractivity contribution in [3.05, 3.63) is 23.3 Å². The minimum absolute atomic E-state index is 0.0302. The lowest BCUT2D eigenvalue weighted by Crippen LogP contribution is -2.65. The van der Waals surface area contributed by atoms with Gasteiger partial charge in [-0.3, -0.25) is 9.59 Å². The van der Waals surface area contributed by atoms with Crippen LogP contribution in [0.25, 0.3) is 0 Å².